The molecule has 1 aromatic rings. The van der Waals surface area contributed by atoms with Crippen molar-refractivity contribution in [3.05, 3.63) is 24.0 Å². The van der Waals surface area contributed by atoms with E-state index in [1.807, 2.05) is 0 Å². The number of hydrogen-bond donors (Lipinski definition) is 3. The van der Waals surface area contributed by atoms with Gasteiger partial charge in [0.15, 0.2) is 0 Å². The Hall–Kier alpha value is -2.68. The first-order valence-corrected chi connectivity index (χ1v) is 12.0. The van der Waals surface area contributed by atoms with Crippen molar-refractivity contribution in [1.29, 1.82) is 0 Å². The van der Waals surface area contributed by atoms with Gasteiger partial charge in [0.1, 0.15) is 11.9 Å². The van der Waals surface area contributed by atoms with Gasteiger partial charge in [-0.3, -0.25) is 24.6 Å². The molecule has 1 saturated carbocycles. The lowest BCUT2D eigenvalue weighted by Gasteiger charge is -2.39. The van der Waals surface area contributed by atoms with Gasteiger partial charge in [0.2, 0.25) is 11.8 Å². The Morgan fingerprint density at radius 1 is 1.06 bits per heavy atom. The number of hydrogen-bond acceptors (Lipinski definition) is 6. The molecule has 0 radical (unpaired) electrons. The second kappa shape index (κ2) is 10.5. The molecule has 2 aliphatic heterocycles. The van der Waals surface area contributed by atoms with E-state index >= 15 is 0 Å². The minimum absolute atomic E-state index is 0.274. The van der Waals surface area contributed by atoms with Gasteiger partial charge in [0, 0.05) is 51.3 Å². The number of benzene rings is 1. The van der Waals surface area contributed by atoms with Gasteiger partial charge in [0.05, 0.1) is 5.69 Å². The number of carbonyl (C=O) groups is 3. The van der Waals surface area contributed by atoms with E-state index in [0.29, 0.717) is 36.1 Å². The lowest BCUT2D eigenvalue weighted by molar-refractivity contribution is -0.138. The van der Waals surface area contributed by atoms with Crippen LogP contribution < -0.4 is 15.5 Å². The molecule has 1 atom stereocenters. The second-order valence-electron chi connectivity index (χ2n) is 9.59. The van der Waals surface area contributed by atoms with Gasteiger partial charge in [-0.1, -0.05) is 0 Å². The lowest BCUT2D eigenvalue weighted by Crippen LogP contribution is -2.48. The molecule has 1 unspecified atom stereocenters. The number of rotatable bonds is 7. The van der Waals surface area contributed by atoms with Gasteiger partial charge in [-0.25, -0.2) is 4.39 Å². The van der Waals surface area contributed by atoms with Gasteiger partial charge in [0.25, 0.3) is 0 Å². The summed E-state index contributed by atoms with van der Waals surface area (Å²) in [6.45, 7) is 4.30. The molecular formula is C24H33FN4O4. The molecule has 2 saturated heterocycles. The monoisotopic (exact) mass is 460 g/mol. The van der Waals surface area contributed by atoms with E-state index in [1.165, 1.54) is 6.07 Å². The zero-order valence-electron chi connectivity index (χ0n) is 18.9. The highest BCUT2D eigenvalue weighted by Crippen LogP contribution is 2.32. The Bertz CT molecular complexity index is 879. The first-order chi connectivity index (χ1) is 15.9. The summed E-state index contributed by atoms with van der Waals surface area (Å²) in [6.07, 6.45) is 5.15. The van der Waals surface area contributed by atoms with E-state index in [9.17, 15) is 18.8 Å². The highest BCUT2D eigenvalue weighted by molar-refractivity contribution is 6.01. The fraction of sp³-hybridized carbons (Fsp3) is 0.625. The van der Waals surface area contributed by atoms with Crippen LogP contribution in [0, 0.1) is 17.7 Å². The highest BCUT2D eigenvalue weighted by Gasteiger charge is 2.28. The van der Waals surface area contributed by atoms with Crippen molar-refractivity contribution >= 4 is 29.2 Å². The van der Waals surface area contributed by atoms with E-state index < -0.39 is 12.0 Å². The first kappa shape index (κ1) is 23.5. The molecule has 3 fully saturated rings. The fourth-order valence-electron chi connectivity index (χ4n) is 5.29. The SMILES string of the molecule is O=C(O)C[C@H]1CC[C@H](CN2CCN(c3ccc(NC4CCC(=O)NC4=O)cc3F)CC2)CC1. The Balaban J connectivity index is 1.24. The maximum atomic E-state index is 14.9. The number of anilines is 2. The highest BCUT2D eigenvalue weighted by atomic mass is 19.1. The van der Waals surface area contributed by atoms with Crippen LogP contribution in [0.15, 0.2) is 18.2 Å². The maximum Gasteiger partial charge on any atom is 0.303 e. The van der Waals surface area contributed by atoms with Crippen molar-refractivity contribution in [3.63, 3.8) is 0 Å². The summed E-state index contributed by atoms with van der Waals surface area (Å²) in [6, 6.07) is 4.42. The molecule has 3 N–H and O–H groups in total. The molecule has 1 aliphatic carbocycles. The van der Waals surface area contributed by atoms with Crippen LogP contribution in [0.5, 0.6) is 0 Å². The van der Waals surface area contributed by atoms with E-state index in [0.717, 1.165) is 58.4 Å². The summed E-state index contributed by atoms with van der Waals surface area (Å²) in [5.41, 5.74) is 1.10. The van der Waals surface area contributed by atoms with Crippen LogP contribution in [0.3, 0.4) is 0 Å². The zero-order chi connectivity index (χ0) is 23.4. The van der Waals surface area contributed by atoms with Gasteiger partial charge in [-0.15, -0.1) is 0 Å². The van der Waals surface area contributed by atoms with Crippen molar-refractivity contribution in [2.24, 2.45) is 11.8 Å². The van der Waals surface area contributed by atoms with Crippen LogP contribution in [-0.4, -0.2) is 66.6 Å². The van der Waals surface area contributed by atoms with Crippen molar-refractivity contribution in [2.75, 3.05) is 42.9 Å². The number of aliphatic carboxylic acids is 1. The van der Waals surface area contributed by atoms with Crippen LogP contribution in [0.1, 0.15) is 44.9 Å². The second-order valence-corrected chi connectivity index (χ2v) is 9.59. The average Bonchev–Trinajstić information content (AvgIpc) is 2.78. The van der Waals surface area contributed by atoms with Crippen LogP contribution >= 0.6 is 0 Å². The molecule has 1 aromatic carbocycles. The molecule has 180 valence electrons. The Morgan fingerprint density at radius 3 is 2.39 bits per heavy atom. The molecule has 2 amide bonds. The summed E-state index contributed by atoms with van der Waals surface area (Å²) >= 11 is 0. The van der Waals surface area contributed by atoms with Gasteiger partial charge in [-0.2, -0.15) is 0 Å². The molecule has 9 heteroatoms. The van der Waals surface area contributed by atoms with Gasteiger partial charge < -0.3 is 15.3 Å². The van der Waals surface area contributed by atoms with E-state index in [-0.39, 0.29) is 24.1 Å². The standard InChI is InChI=1S/C24H33FN4O4/c25-19-14-18(26-20-6-8-22(30)27-24(20)33)5-7-21(19)29-11-9-28(10-12-29)15-17-3-1-16(2-4-17)13-23(31)32/h5,7,14,16-17,20,26H,1-4,6,8-13,15H2,(H,31,32)(H,27,30,33)/t16-,17-,20?. The fourth-order valence-corrected chi connectivity index (χ4v) is 5.29. The quantitative estimate of drug-likeness (QED) is 0.537. The number of imide groups is 1. The van der Waals surface area contributed by atoms with Crippen LogP contribution in [0.4, 0.5) is 15.8 Å². The third kappa shape index (κ3) is 6.22. The number of amides is 2. The Labute approximate surface area is 193 Å². The van der Waals surface area contributed by atoms with Crippen molar-refractivity contribution in [3.8, 4) is 0 Å². The smallest absolute Gasteiger partial charge is 0.303 e. The lowest BCUT2D eigenvalue weighted by atomic mass is 9.80. The van der Waals surface area contributed by atoms with Crippen molar-refractivity contribution < 1.29 is 23.9 Å². The predicted molar refractivity (Wildman–Crippen MR) is 123 cm³/mol. The first-order valence-electron chi connectivity index (χ1n) is 12.0. The summed E-state index contributed by atoms with van der Waals surface area (Å²) in [5.74, 6) is -0.715. The molecule has 4 rings (SSSR count). The number of piperidine rings is 1. The van der Waals surface area contributed by atoms with E-state index in [2.05, 4.69) is 20.4 Å². The van der Waals surface area contributed by atoms with E-state index in [4.69, 9.17) is 5.11 Å². The number of halogens is 1. The Kier molecular flexibility index (Phi) is 7.47. The molecule has 3 aliphatic rings. The number of nitrogens with one attached hydrogen (secondary N) is 2. The number of piperazine rings is 1. The van der Waals surface area contributed by atoms with Crippen LogP contribution in [0.25, 0.3) is 0 Å². The van der Waals surface area contributed by atoms with Crippen LogP contribution in [-0.2, 0) is 14.4 Å². The third-order valence-corrected chi connectivity index (χ3v) is 7.19. The zero-order valence-corrected chi connectivity index (χ0v) is 18.9. The minimum atomic E-state index is -0.693. The summed E-state index contributed by atoms with van der Waals surface area (Å²) in [7, 11) is 0. The summed E-state index contributed by atoms with van der Waals surface area (Å²) in [4.78, 5) is 38.6. The normalized spacial score (nSPS) is 26.7. The number of carbonyl (C=O) groups excluding carboxylic acids is 2. The molecule has 33 heavy (non-hydrogen) atoms. The molecule has 2 heterocycles. The van der Waals surface area contributed by atoms with Crippen molar-refractivity contribution in [1.82, 2.24) is 10.2 Å². The maximum absolute atomic E-state index is 14.9. The number of nitrogens with zero attached hydrogens (tertiary/aromatic N) is 2. The molecule has 0 spiro atoms. The Morgan fingerprint density at radius 2 is 1.76 bits per heavy atom. The molecule has 0 bridgehead atoms. The third-order valence-electron chi connectivity index (χ3n) is 7.19. The van der Waals surface area contributed by atoms with E-state index in [1.54, 1.807) is 12.1 Å². The van der Waals surface area contributed by atoms with Crippen LogP contribution in [0.2, 0.25) is 0 Å². The number of carboxylic acids is 1. The largest absolute Gasteiger partial charge is 0.481 e. The summed E-state index contributed by atoms with van der Waals surface area (Å²) < 4.78 is 14.9. The summed E-state index contributed by atoms with van der Waals surface area (Å²) in [5, 5.41) is 14.3. The topological polar surface area (TPSA) is 102 Å². The minimum Gasteiger partial charge on any atom is -0.481 e. The molecule has 0 aromatic heterocycles. The number of carboxylic acid groups (broad SMARTS) is 1. The predicted octanol–water partition coefficient (Wildman–Crippen LogP) is 2.45. The molecule has 8 nitrogen and oxygen atoms in total. The van der Waals surface area contributed by atoms with Crippen molar-refractivity contribution in [2.45, 2.75) is 51.0 Å². The average molecular weight is 461 g/mol. The van der Waals surface area contributed by atoms with Gasteiger partial charge >= 0.3 is 5.97 Å². The molecular weight excluding hydrogens is 427 g/mol. The van der Waals surface area contributed by atoms with Gasteiger partial charge in [-0.05, 0) is 62.1 Å².